The number of aliphatic carboxylic acids is 1. The van der Waals surface area contributed by atoms with Crippen LogP contribution in [-0.4, -0.2) is 29.1 Å². The van der Waals surface area contributed by atoms with E-state index in [1.54, 1.807) is 0 Å². The molecule has 1 aromatic heterocycles. The van der Waals surface area contributed by atoms with Crippen LogP contribution in [0.2, 0.25) is 0 Å². The predicted octanol–water partition coefficient (Wildman–Crippen LogP) is 2.77. The lowest BCUT2D eigenvalue weighted by atomic mass is 10.0. The number of furan rings is 1. The van der Waals surface area contributed by atoms with Gasteiger partial charge in [0.05, 0.1) is 12.5 Å². The second-order valence-corrected chi connectivity index (χ2v) is 5.36. The number of hydrogen-bond donors (Lipinski definition) is 1. The van der Waals surface area contributed by atoms with Crippen LogP contribution in [0.5, 0.6) is 0 Å². The van der Waals surface area contributed by atoms with E-state index in [0.717, 1.165) is 17.1 Å². The highest BCUT2D eigenvalue weighted by Crippen LogP contribution is 2.25. The van der Waals surface area contributed by atoms with Crippen LogP contribution < -0.4 is 0 Å². The minimum atomic E-state index is -0.707. The molecule has 20 heavy (non-hydrogen) atoms. The number of aryl methyl sites for hydroxylation is 1. The Morgan fingerprint density at radius 2 is 1.95 bits per heavy atom. The van der Waals surface area contributed by atoms with E-state index in [4.69, 9.17) is 9.52 Å². The summed E-state index contributed by atoms with van der Waals surface area (Å²) in [5.74, 6) is 0.808. The third-order valence-electron chi connectivity index (χ3n) is 3.68. The fraction of sp³-hybridized carbons (Fsp3) is 0.312. The van der Waals surface area contributed by atoms with Crippen molar-refractivity contribution in [1.29, 1.82) is 0 Å². The Labute approximate surface area is 117 Å². The molecule has 0 unspecified atom stereocenters. The monoisotopic (exact) mass is 271 g/mol. The van der Waals surface area contributed by atoms with Gasteiger partial charge >= 0.3 is 5.97 Å². The smallest absolute Gasteiger partial charge is 0.309 e. The van der Waals surface area contributed by atoms with Crippen molar-refractivity contribution in [3.63, 3.8) is 0 Å². The number of carbonyl (C=O) groups is 1. The lowest BCUT2D eigenvalue weighted by Gasteiger charge is -2.35. The Kier molecular flexibility index (Phi) is 3.32. The number of carboxylic acid groups (broad SMARTS) is 1. The quantitative estimate of drug-likeness (QED) is 0.929. The fourth-order valence-electron chi connectivity index (χ4n) is 2.41. The summed E-state index contributed by atoms with van der Waals surface area (Å²) in [6.45, 7) is 3.95. The van der Waals surface area contributed by atoms with E-state index in [1.165, 1.54) is 5.56 Å². The highest BCUT2D eigenvalue weighted by molar-refractivity contribution is 5.71. The number of likely N-dealkylation sites (tertiary alicyclic amines) is 1. The molecule has 1 N–H and O–H groups in total. The standard InChI is InChI=1S/C16H17NO3/c1-11-2-4-12(5-3-11)15-7-6-14(20-15)10-17-8-13(9-17)16(18)19/h2-7,13H,8-10H2,1H3,(H,18,19). The number of carboxylic acids is 1. The lowest BCUT2D eigenvalue weighted by Crippen LogP contribution is -2.49. The van der Waals surface area contributed by atoms with E-state index >= 15 is 0 Å². The predicted molar refractivity (Wildman–Crippen MR) is 75.3 cm³/mol. The number of benzene rings is 1. The summed E-state index contributed by atoms with van der Waals surface area (Å²) >= 11 is 0. The average Bonchev–Trinajstić information content (AvgIpc) is 2.82. The van der Waals surface area contributed by atoms with Crippen molar-refractivity contribution < 1.29 is 14.3 Å². The second-order valence-electron chi connectivity index (χ2n) is 5.36. The van der Waals surface area contributed by atoms with Gasteiger partial charge in [0.25, 0.3) is 0 Å². The average molecular weight is 271 g/mol. The van der Waals surface area contributed by atoms with Gasteiger partial charge in [-0.2, -0.15) is 0 Å². The summed E-state index contributed by atoms with van der Waals surface area (Å²) in [4.78, 5) is 12.8. The van der Waals surface area contributed by atoms with Crippen LogP contribution in [-0.2, 0) is 11.3 Å². The van der Waals surface area contributed by atoms with Gasteiger partial charge in [0, 0.05) is 18.7 Å². The highest BCUT2D eigenvalue weighted by Gasteiger charge is 2.32. The lowest BCUT2D eigenvalue weighted by molar-refractivity contribution is -0.147. The third-order valence-corrected chi connectivity index (χ3v) is 3.68. The third kappa shape index (κ3) is 2.60. The van der Waals surface area contributed by atoms with Crippen LogP contribution >= 0.6 is 0 Å². The van der Waals surface area contributed by atoms with Gasteiger partial charge in [-0.05, 0) is 19.1 Å². The van der Waals surface area contributed by atoms with Crippen molar-refractivity contribution in [3.8, 4) is 11.3 Å². The molecule has 104 valence electrons. The molecular weight excluding hydrogens is 254 g/mol. The summed E-state index contributed by atoms with van der Waals surface area (Å²) < 4.78 is 5.82. The van der Waals surface area contributed by atoms with Crippen LogP contribution in [0.1, 0.15) is 11.3 Å². The summed E-state index contributed by atoms with van der Waals surface area (Å²) in [5.41, 5.74) is 2.29. The zero-order chi connectivity index (χ0) is 14.1. The molecule has 1 fully saturated rings. The second kappa shape index (κ2) is 5.13. The van der Waals surface area contributed by atoms with Crippen molar-refractivity contribution in [3.05, 3.63) is 47.7 Å². The molecule has 1 saturated heterocycles. The largest absolute Gasteiger partial charge is 0.481 e. The number of nitrogens with zero attached hydrogens (tertiary/aromatic N) is 1. The number of rotatable bonds is 4. The van der Waals surface area contributed by atoms with E-state index in [9.17, 15) is 4.79 Å². The van der Waals surface area contributed by atoms with Crippen LogP contribution in [0.3, 0.4) is 0 Å². The van der Waals surface area contributed by atoms with Gasteiger partial charge in [-0.15, -0.1) is 0 Å². The first-order chi connectivity index (χ1) is 9.61. The van der Waals surface area contributed by atoms with Gasteiger partial charge in [-0.25, -0.2) is 0 Å². The molecule has 3 rings (SSSR count). The van der Waals surface area contributed by atoms with Crippen molar-refractivity contribution in [2.75, 3.05) is 13.1 Å². The van der Waals surface area contributed by atoms with Crippen molar-refractivity contribution in [2.24, 2.45) is 5.92 Å². The molecule has 2 aromatic rings. The molecule has 1 aromatic carbocycles. The first kappa shape index (κ1) is 12.9. The maximum atomic E-state index is 10.7. The zero-order valence-corrected chi connectivity index (χ0v) is 11.4. The van der Waals surface area contributed by atoms with Crippen molar-refractivity contribution >= 4 is 5.97 Å². The molecule has 1 aliphatic heterocycles. The Balaban J connectivity index is 1.63. The van der Waals surface area contributed by atoms with Crippen molar-refractivity contribution in [1.82, 2.24) is 4.90 Å². The SMILES string of the molecule is Cc1ccc(-c2ccc(CN3CC(C(=O)O)C3)o2)cc1. The normalized spacial score (nSPS) is 16.1. The minimum absolute atomic E-state index is 0.221. The van der Waals surface area contributed by atoms with Crippen LogP contribution in [0.15, 0.2) is 40.8 Å². The van der Waals surface area contributed by atoms with Gasteiger partial charge in [0.1, 0.15) is 11.5 Å². The maximum absolute atomic E-state index is 10.7. The molecule has 0 saturated carbocycles. The van der Waals surface area contributed by atoms with Gasteiger partial charge in [0.2, 0.25) is 0 Å². The first-order valence-electron chi connectivity index (χ1n) is 6.73. The van der Waals surface area contributed by atoms with E-state index in [0.29, 0.717) is 19.6 Å². The number of hydrogen-bond acceptors (Lipinski definition) is 3. The van der Waals surface area contributed by atoms with Crippen LogP contribution in [0.4, 0.5) is 0 Å². The van der Waals surface area contributed by atoms with Crippen molar-refractivity contribution in [2.45, 2.75) is 13.5 Å². The highest BCUT2D eigenvalue weighted by atomic mass is 16.4. The molecule has 0 amide bonds. The van der Waals surface area contributed by atoms with Gasteiger partial charge in [0.15, 0.2) is 0 Å². The molecule has 4 nitrogen and oxygen atoms in total. The molecule has 1 aliphatic rings. The molecule has 0 aliphatic carbocycles. The Bertz CT molecular complexity index is 609. The summed E-state index contributed by atoms with van der Waals surface area (Å²) in [5, 5.41) is 8.84. The minimum Gasteiger partial charge on any atom is -0.481 e. The summed E-state index contributed by atoms with van der Waals surface area (Å²) in [6, 6.07) is 12.1. The summed E-state index contributed by atoms with van der Waals surface area (Å²) in [6.07, 6.45) is 0. The Hall–Kier alpha value is -2.07. The van der Waals surface area contributed by atoms with Crippen LogP contribution in [0.25, 0.3) is 11.3 Å². The molecular formula is C16H17NO3. The maximum Gasteiger partial charge on any atom is 0.309 e. The zero-order valence-electron chi connectivity index (χ0n) is 11.4. The van der Waals surface area contributed by atoms with Gasteiger partial charge in [-0.3, -0.25) is 9.69 Å². The van der Waals surface area contributed by atoms with Gasteiger partial charge in [-0.1, -0.05) is 29.8 Å². The molecule has 2 heterocycles. The topological polar surface area (TPSA) is 53.7 Å². The first-order valence-corrected chi connectivity index (χ1v) is 6.73. The molecule has 0 radical (unpaired) electrons. The van der Waals surface area contributed by atoms with E-state index in [1.807, 2.05) is 24.3 Å². The van der Waals surface area contributed by atoms with Crippen LogP contribution in [0, 0.1) is 12.8 Å². The molecule has 0 spiro atoms. The fourth-order valence-corrected chi connectivity index (χ4v) is 2.41. The molecule has 0 atom stereocenters. The molecule has 4 heteroatoms. The van der Waals surface area contributed by atoms with E-state index in [2.05, 4.69) is 24.0 Å². The Morgan fingerprint density at radius 1 is 1.25 bits per heavy atom. The summed E-state index contributed by atoms with van der Waals surface area (Å²) in [7, 11) is 0. The van der Waals surface area contributed by atoms with E-state index < -0.39 is 5.97 Å². The Morgan fingerprint density at radius 3 is 2.60 bits per heavy atom. The van der Waals surface area contributed by atoms with E-state index in [-0.39, 0.29) is 5.92 Å². The molecule has 0 bridgehead atoms. The van der Waals surface area contributed by atoms with Gasteiger partial charge < -0.3 is 9.52 Å².